The van der Waals surface area contributed by atoms with Gasteiger partial charge in [0, 0.05) is 6.21 Å². The summed E-state index contributed by atoms with van der Waals surface area (Å²) in [5.41, 5.74) is 6.04. The molecule has 1 heteroatoms. The zero-order valence-electron chi connectivity index (χ0n) is 11.5. The van der Waals surface area contributed by atoms with Gasteiger partial charge in [0.2, 0.25) is 0 Å². The van der Waals surface area contributed by atoms with Crippen molar-refractivity contribution in [2.24, 2.45) is 0 Å². The Morgan fingerprint density at radius 2 is 1.84 bits per heavy atom. The quantitative estimate of drug-likeness (QED) is 0.763. The maximum absolute atomic E-state index is 7.41. The average molecular weight is 249 g/mol. The predicted octanol–water partition coefficient (Wildman–Crippen LogP) is 4.64. The lowest BCUT2D eigenvalue weighted by atomic mass is 9.96. The Hall–Kier alpha value is -2.15. The second-order valence-electron chi connectivity index (χ2n) is 4.69. The summed E-state index contributed by atoms with van der Waals surface area (Å²) in [4.78, 5) is 0. The zero-order chi connectivity index (χ0) is 13.7. The lowest BCUT2D eigenvalue weighted by molar-refractivity contribution is 1.15. The Morgan fingerprint density at radius 3 is 2.42 bits per heavy atom. The number of hydrogen-bond acceptors (Lipinski definition) is 1. The van der Waals surface area contributed by atoms with Crippen LogP contribution in [0.1, 0.15) is 29.2 Å². The van der Waals surface area contributed by atoms with Crippen molar-refractivity contribution in [2.75, 3.05) is 0 Å². The van der Waals surface area contributed by atoms with Crippen LogP contribution in [0.5, 0.6) is 0 Å². The van der Waals surface area contributed by atoms with Crippen LogP contribution in [0.25, 0.3) is 5.57 Å². The van der Waals surface area contributed by atoms with Gasteiger partial charge in [0.1, 0.15) is 0 Å². The van der Waals surface area contributed by atoms with Gasteiger partial charge in [0.15, 0.2) is 0 Å². The second-order valence-corrected chi connectivity index (χ2v) is 4.69. The molecule has 0 spiro atoms. The van der Waals surface area contributed by atoms with Crippen molar-refractivity contribution in [3.63, 3.8) is 0 Å². The van der Waals surface area contributed by atoms with Crippen LogP contribution in [0.3, 0.4) is 0 Å². The third-order valence-electron chi connectivity index (χ3n) is 3.38. The van der Waals surface area contributed by atoms with Crippen LogP contribution in [0.15, 0.2) is 54.6 Å². The zero-order valence-corrected chi connectivity index (χ0v) is 11.5. The van der Waals surface area contributed by atoms with Crippen LogP contribution in [0.4, 0.5) is 0 Å². The molecule has 0 atom stereocenters. The number of aryl methyl sites for hydroxylation is 1. The molecule has 96 valence electrons. The minimum atomic E-state index is 0.961. The lowest BCUT2D eigenvalue weighted by Gasteiger charge is -2.09. The largest absolute Gasteiger partial charge is 0.308 e. The standard InChI is InChI=1S/C18H19N/c1-3-16(13-19)18-10-9-17(14(2)11-18)12-15-7-5-4-6-8-15/h3-11,13,19H,12H2,1-2H3/b16-3+,19-13?. The molecule has 0 aliphatic carbocycles. The Balaban J connectivity index is 2.27. The van der Waals surface area contributed by atoms with Crippen LogP contribution in [0.2, 0.25) is 0 Å². The highest BCUT2D eigenvalue weighted by atomic mass is 14.3. The molecule has 0 aromatic heterocycles. The van der Waals surface area contributed by atoms with Crippen molar-refractivity contribution in [3.05, 3.63) is 76.9 Å². The summed E-state index contributed by atoms with van der Waals surface area (Å²) in [5.74, 6) is 0. The van der Waals surface area contributed by atoms with Gasteiger partial charge in [-0.05, 0) is 48.1 Å². The van der Waals surface area contributed by atoms with E-state index in [1.807, 2.05) is 19.1 Å². The summed E-state index contributed by atoms with van der Waals surface area (Å²) < 4.78 is 0. The van der Waals surface area contributed by atoms with E-state index in [1.54, 1.807) is 0 Å². The Kier molecular flexibility index (Phi) is 4.30. The highest BCUT2D eigenvalue weighted by Crippen LogP contribution is 2.19. The molecule has 1 nitrogen and oxygen atoms in total. The lowest BCUT2D eigenvalue weighted by Crippen LogP contribution is -1.94. The SMILES string of the molecule is C/C=C(\C=N)c1ccc(Cc2ccccc2)c(C)c1. The first kappa shape index (κ1) is 13.3. The summed E-state index contributed by atoms with van der Waals surface area (Å²) in [6.45, 7) is 4.10. The Morgan fingerprint density at radius 1 is 1.11 bits per heavy atom. The molecule has 0 heterocycles. The van der Waals surface area contributed by atoms with Crippen molar-refractivity contribution < 1.29 is 0 Å². The number of hydrogen-bond donors (Lipinski definition) is 1. The molecule has 0 saturated carbocycles. The van der Waals surface area contributed by atoms with Crippen molar-refractivity contribution in [1.29, 1.82) is 5.41 Å². The van der Waals surface area contributed by atoms with E-state index in [1.165, 1.54) is 22.9 Å². The van der Waals surface area contributed by atoms with Crippen LogP contribution in [0, 0.1) is 12.3 Å². The smallest absolute Gasteiger partial charge is 0.0253 e. The number of allylic oxidation sites excluding steroid dienone is 2. The average Bonchev–Trinajstić information content (AvgIpc) is 2.44. The molecule has 0 amide bonds. The summed E-state index contributed by atoms with van der Waals surface area (Å²) in [6, 6.07) is 16.9. The van der Waals surface area contributed by atoms with Gasteiger partial charge in [-0.3, -0.25) is 0 Å². The van der Waals surface area contributed by atoms with Crippen molar-refractivity contribution in [1.82, 2.24) is 0 Å². The normalized spacial score (nSPS) is 11.4. The van der Waals surface area contributed by atoms with Gasteiger partial charge in [0.05, 0.1) is 0 Å². The van der Waals surface area contributed by atoms with Crippen molar-refractivity contribution >= 4 is 11.8 Å². The van der Waals surface area contributed by atoms with E-state index in [0.29, 0.717) is 0 Å². The third-order valence-corrected chi connectivity index (χ3v) is 3.38. The predicted molar refractivity (Wildman–Crippen MR) is 82.9 cm³/mol. The molecule has 0 bridgehead atoms. The summed E-state index contributed by atoms with van der Waals surface area (Å²) >= 11 is 0. The number of rotatable bonds is 4. The van der Waals surface area contributed by atoms with E-state index in [2.05, 4.69) is 49.4 Å². The Bertz CT molecular complexity index is 594. The highest BCUT2D eigenvalue weighted by molar-refractivity contribution is 6.08. The maximum Gasteiger partial charge on any atom is 0.0253 e. The molecule has 0 saturated heterocycles. The van der Waals surface area contributed by atoms with E-state index in [9.17, 15) is 0 Å². The summed E-state index contributed by atoms with van der Waals surface area (Å²) in [7, 11) is 0. The van der Waals surface area contributed by atoms with E-state index < -0.39 is 0 Å². The first-order valence-electron chi connectivity index (χ1n) is 6.55. The molecule has 2 rings (SSSR count). The monoisotopic (exact) mass is 249 g/mol. The van der Waals surface area contributed by atoms with E-state index in [0.717, 1.165) is 17.6 Å². The number of nitrogens with one attached hydrogen (secondary N) is 1. The van der Waals surface area contributed by atoms with Gasteiger partial charge in [-0.2, -0.15) is 0 Å². The number of benzene rings is 2. The fourth-order valence-corrected chi connectivity index (χ4v) is 2.22. The topological polar surface area (TPSA) is 23.9 Å². The fraction of sp³-hybridized carbons (Fsp3) is 0.167. The third kappa shape index (κ3) is 3.19. The minimum Gasteiger partial charge on any atom is -0.308 e. The molecule has 0 unspecified atom stereocenters. The molecular formula is C18H19N. The van der Waals surface area contributed by atoms with Crippen LogP contribution >= 0.6 is 0 Å². The van der Waals surface area contributed by atoms with E-state index in [4.69, 9.17) is 5.41 Å². The highest BCUT2D eigenvalue weighted by Gasteiger charge is 2.03. The van der Waals surface area contributed by atoms with Crippen molar-refractivity contribution in [2.45, 2.75) is 20.3 Å². The van der Waals surface area contributed by atoms with Crippen LogP contribution in [-0.2, 0) is 6.42 Å². The summed E-state index contributed by atoms with van der Waals surface area (Å²) in [5, 5.41) is 7.41. The second kappa shape index (κ2) is 6.14. The summed E-state index contributed by atoms with van der Waals surface area (Å²) in [6.07, 6.45) is 4.34. The van der Waals surface area contributed by atoms with Crippen LogP contribution in [-0.4, -0.2) is 6.21 Å². The molecule has 0 aliphatic rings. The van der Waals surface area contributed by atoms with Gasteiger partial charge in [-0.15, -0.1) is 0 Å². The molecule has 19 heavy (non-hydrogen) atoms. The molecular weight excluding hydrogens is 230 g/mol. The molecule has 0 aliphatic heterocycles. The maximum atomic E-state index is 7.41. The molecule has 2 aromatic rings. The minimum absolute atomic E-state index is 0.961. The Labute approximate surface area is 115 Å². The molecule has 2 aromatic carbocycles. The van der Waals surface area contributed by atoms with Gasteiger partial charge in [-0.1, -0.05) is 54.6 Å². The van der Waals surface area contributed by atoms with E-state index >= 15 is 0 Å². The van der Waals surface area contributed by atoms with Gasteiger partial charge >= 0.3 is 0 Å². The fourth-order valence-electron chi connectivity index (χ4n) is 2.22. The van der Waals surface area contributed by atoms with Crippen molar-refractivity contribution in [3.8, 4) is 0 Å². The van der Waals surface area contributed by atoms with E-state index in [-0.39, 0.29) is 0 Å². The molecule has 1 N–H and O–H groups in total. The first-order chi connectivity index (χ1) is 9.24. The van der Waals surface area contributed by atoms with Crippen LogP contribution < -0.4 is 0 Å². The van der Waals surface area contributed by atoms with Gasteiger partial charge in [0.25, 0.3) is 0 Å². The molecule has 0 fully saturated rings. The molecule has 0 radical (unpaired) electrons. The van der Waals surface area contributed by atoms with Gasteiger partial charge in [-0.25, -0.2) is 0 Å². The van der Waals surface area contributed by atoms with Gasteiger partial charge < -0.3 is 5.41 Å². The first-order valence-corrected chi connectivity index (χ1v) is 6.55.